The highest BCUT2D eigenvalue weighted by molar-refractivity contribution is 5.87. The van der Waals surface area contributed by atoms with Gasteiger partial charge in [0.1, 0.15) is 49.6 Å². The van der Waals surface area contributed by atoms with E-state index in [1.54, 1.807) is 13.8 Å². The lowest BCUT2D eigenvalue weighted by Crippen LogP contribution is -2.49. The second kappa shape index (κ2) is 15.7. The smallest absolute Gasteiger partial charge is 0.333 e. The number of rotatable bonds is 16. The van der Waals surface area contributed by atoms with Gasteiger partial charge in [0.2, 0.25) is 0 Å². The van der Waals surface area contributed by atoms with E-state index >= 15 is 0 Å². The van der Waals surface area contributed by atoms with E-state index in [2.05, 4.69) is 39.1 Å². The Morgan fingerprint density at radius 3 is 1.85 bits per heavy atom. The monoisotopic (exact) mass is 630 g/mol. The summed E-state index contributed by atoms with van der Waals surface area (Å²) in [6.07, 6.45) is -2.86. The average molecular weight is 631 g/mol. The Bertz CT molecular complexity index is 1490. The predicted octanol–water partition coefficient (Wildman–Crippen LogP) is 6.08. The maximum absolute atomic E-state index is 12.1. The van der Waals surface area contributed by atoms with Gasteiger partial charge in [0.15, 0.2) is 0 Å². The number of para-hydroxylation sites is 1. The van der Waals surface area contributed by atoms with Crippen molar-refractivity contribution in [3.05, 3.63) is 120 Å². The summed E-state index contributed by atoms with van der Waals surface area (Å²) >= 11 is 0. The summed E-state index contributed by atoms with van der Waals surface area (Å²) in [4.78, 5) is 23.6. The molecule has 2 N–H and O–H groups in total. The first-order chi connectivity index (χ1) is 21.6. The Hall–Kier alpha value is -4.40. The third-order valence-corrected chi connectivity index (χ3v) is 7.90. The van der Waals surface area contributed by atoms with Gasteiger partial charge in [-0.3, -0.25) is 0 Å². The molecule has 0 aromatic heterocycles. The number of ether oxygens (including phenoxy) is 4. The normalized spacial score (nSPS) is 13.6. The molecule has 0 bridgehead atoms. The molecule has 0 aliphatic heterocycles. The van der Waals surface area contributed by atoms with Crippen LogP contribution in [0.5, 0.6) is 11.5 Å². The van der Waals surface area contributed by atoms with Crippen LogP contribution in [0.4, 0.5) is 0 Å². The van der Waals surface area contributed by atoms with Crippen LogP contribution in [0.15, 0.2) is 103 Å². The summed E-state index contributed by atoms with van der Waals surface area (Å²) < 4.78 is 22.3. The van der Waals surface area contributed by atoms with Gasteiger partial charge in [-0.2, -0.15) is 0 Å². The van der Waals surface area contributed by atoms with Crippen molar-refractivity contribution in [1.82, 2.24) is 0 Å². The third-order valence-electron chi connectivity index (χ3n) is 7.90. The van der Waals surface area contributed by atoms with E-state index in [0.717, 1.165) is 16.7 Å². The van der Waals surface area contributed by atoms with Gasteiger partial charge in [-0.1, -0.05) is 95.5 Å². The molecular weight excluding hydrogens is 584 g/mol. The van der Waals surface area contributed by atoms with E-state index in [1.165, 1.54) is 0 Å². The van der Waals surface area contributed by atoms with Gasteiger partial charge in [0.05, 0.1) is 0 Å². The fraction of sp³-hybridized carbons (Fsp3) is 0.368. The van der Waals surface area contributed by atoms with Crippen molar-refractivity contribution in [2.24, 2.45) is 0 Å². The Morgan fingerprint density at radius 1 is 0.696 bits per heavy atom. The van der Waals surface area contributed by atoms with Crippen LogP contribution in [-0.4, -0.2) is 60.3 Å². The lowest BCUT2D eigenvalue weighted by molar-refractivity contribution is -0.145. The van der Waals surface area contributed by atoms with Crippen LogP contribution in [0, 0.1) is 0 Å². The molecule has 3 unspecified atom stereocenters. The number of hydrogen-bond acceptors (Lipinski definition) is 8. The number of carbonyl (C=O) groups excluding carboxylic acids is 2. The fourth-order valence-electron chi connectivity index (χ4n) is 4.87. The third kappa shape index (κ3) is 9.55. The quantitative estimate of drug-likeness (QED) is 0.145. The number of aliphatic hydroxyl groups is 2. The summed E-state index contributed by atoms with van der Waals surface area (Å²) in [5, 5.41) is 21.4. The van der Waals surface area contributed by atoms with Gasteiger partial charge in [0, 0.05) is 22.0 Å². The van der Waals surface area contributed by atoms with Gasteiger partial charge in [0.25, 0.3) is 0 Å². The number of aliphatic hydroxyl groups excluding tert-OH is 2. The summed E-state index contributed by atoms with van der Waals surface area (Å²) in [6, 6.07) is 25.0. The highest BCUT2D eigenvalue weighted by atomic mass is 16.6. The summed E-state index contributed by atoms with van der Waals surface area (Å²) in [5.41, 5.74) is 2.41. The molecule has 3 atom stereocenters. The minimum absolute atomic E-state index is 0.0339. The van der Waals surface area contributed by atoms with Crippen LogP contribution in [0.2, 0.25) is 0 Å². The number of hydrogen-bond donors (Lipinski definition) is 2. The molecule has 8 nitrogen and oxygen atoms in total. The van der Waals surface area contributed by atoms with E-state index in [4.69, 9.17) is 18.9 Å². The van der Waals surface area contributed by atoms with Gasteiger partial charge >= 0.3 is 11.9 Å². The van der Waals surface area contributed by atoms with Crippen LogP contribution in [-0.2, 0) is 29.9 Å². The second-order valence-corrected chi connectivity index (χ2v) is 12.6. The van der Waals surface area contributed by atoms with Gasteiger partial charge < -0.3 is 29.2 Å². The second-order valence-electron chi connectivity index (χ2n) is 12.6. The molecule has 0 amide bonds. The van der Waals surface area contributed by atoms with Crippen LogP contribution in [0.3, 0.4) is 0 Å². The van der Waals surface area contributed by atoms with Gasteiger partial charge in [-0.05, 0) is 54.8 Å². The lowest BCUT2D eigenvalue weighted by Gasteiger charge is -2.38. The summed E-state index contributed by atoms with van der Waals surface area (Å²) in [7, 11) is 0. The Kier molecular flexibility index (Phi) is 12.3. The molecule has 3 aromatic rings. The lowest BCUT2D eigenvalue weighted by atomic mass is 9.73. The van der Waals surface area contributed by atoms with Crippen LogP contribution >= 0.6 is 0 Å². The van der Waals surface area contributed by atoms with E-state index in [9.17, 15) is 19.8 Å². The first-order valence-electron chi connectivity index (χ1n) is 15.2. The molecule has 3 aromatic carbocycles. The zero-order valence-electron chi connectivity index (χ0n) is 27.6. The molecule has 0 radical (unpaired) electrons. The molecule has 8 heteroatoms. The standard InChI is InChI=1S/C38H46O8/c1-25(2)35(41)44-23-30(39)22-43-31-19-17-27(18-20-31)37(5,6)28-13-12-14-29(21-28)38(7,8)34(46-32-15-10-9-11-16-32)33(40)24-45-36(42)26(3)4/h9-21,30,33-34,39-40H,1,3,22-24H2,2,4-8H3. The van der Waals surface area contributed by atoms with Crippen molar-refractivity contribution >= 4 is 11.9 Å². The SMILES string of the molecule is C=C(C)C(=O)OCC(O)COc1ccc(C(C)(C)c2cccc(C(C)(C)C(Oc3ccccc3)C(O)COC(=O)C(=C)C)c2)cc1. The molecule has 0 spiro atoms. The van der Waals surface area contributed by atoms with Crippen LogP contribution < -0.4 is 9.47 Å². The van der Waals surface area contributed by atoms with Crippen molar-refractivity contribution < 1.29 is 38.7 Å². The van der Waals surface area contributed by atoms with Crippen molar-refractivity contribution in [3.63, 3.8) is 0 Å². The number of esters is 2. The Balaban J connectivity index is 1.80. The molecule has 0 saturated heterocycles. The predicted molar refractivity (Wildman–Crippen MR) is 178 cm³/mol. The van der Waals surface area contributed by atoms with Crippen molar-refractivity contribution in [2.75, 3.05) is 19.8 Å². The fourth-order valence-corrected chi connectivity index (χ4v) is 4.87. The topological polar surface area (TPSA) is 112 Å². The molecule has 0 fully saturated rings. The average Bonchev–Trinajstić information content (AvgIpc) is 3.04. The van der Waals surface area contributed by atoms with Crippen molar-refractivity contribution in [2.45, 2.75) is 70.7 Å². The molecule has 246 valence electrons. The van der Waals surface area contributed by atoms with Gasteiger partial charge in [-0.25, -0.2) is 9.59 Å². The molecule has 0 aliphatic rings. The molecule has 0 saturated carbocycles. The Labute approximate surface area is 272 Å². The largest absolute Gasteiger partial charge is 0.491 e. The van der Waals surface area contributed by atoms with E-state index in [1.807, 2.05) is 80.6 Å². The molecule has 46 heavy (non-hydrogen) atoms. The minimum Gasteiger partial charge on any atom is -0.491 e. The van der Waals surface area contributed by atoms with Crippen molar-refractivity contribution in [1.29, 1.82) is 0 Å². The zero-order valence-corrected chi connectivity index (χ0v) is 27.6. The Morgan fingerprint density at radius 2 is 1.26 bits per heavy atom. The van der Waals surface area contributed by atoms with Crippen LogP contribution in [0.1, 0.15) is 58.2 Å². The highest BCUT2D eigenvalue weighted by Crippen LogP contribution is 2.37. The summed E-state index contributed by atoms with van der Waals surface area (Å²) in [5.74, 6) is 0.0281. The number of benzene rings is 3. The first kappa shape index (κ1) is 36.1. The van der Waals surface area contributed by atoms with Gasteiger partial charge in [-0.15, -0.1) is 0 Å². The maximum atomic E-state index is 12.1. The highest BCUT2D eigenvalue weighted by Gasteiger charge is 2.40. The van der Waals surface area contributed by atoms with Crippen molar-refractivity contribution in [3.8, 4) is 11.5 Å². The molecule has 0 aliphatic carbocycles. The molecule has 0 heterocycles. The first-order valence-corrected chi connectivity index (χ1v) is 15.2. The van der Waals surface area contributed by atoms with E-state index < -0.39 is 41.1 Å². The number of carbonyl (C=O) groups is 2. The molecular formula is C38H46O8. The van der Waals surface area contributed by atoms with E-state index in [-0.39, 0.29) is 31.0 Å². The molecule has 3 rings (SSSR count). The minimum atomic E-state index is -1.13. The maximum Gasteiger partial charge on any atom is 0.333 e. The zero-order chi connectivity index (χ0) is 34.1. The van der Waals surface area contributed by atoms with Crippen LogP contribution in [0.25, 0.3) is 0 Å². The van der Waals surface area contributed by atoms with E-state index in [0.29, 0.717) is 11.5 Å². The summed E-state index contributed by atoms with van der Waals surface area (Å²) in [6.45, 7) is 18.0.